The number of urea groups is 1. The predicted molar refractivity (Wildman–Crippen MR) is 99.9 cm³/mol. The van der Waals surface area contributed by atoms with Crippen molar-refractivity contribution < 1.29 is 9.59 Å². The van der Waals surface area contributed by atoms with Crippen molar-refractivity contribution in [3.05, 3.63) is 24.3 Å². The third kappa shape index (κ3) is 4.17. The number of carbonyl (C=O) groups excluding carboxylic acids is 2. The van der Waals surface area contributed by atoms with Gasteiger partial charge in [-0.15, -0.1) is 33.4 Å². The number of hydrogen-bond donors (Lipinski definition) is 2. The number of hydrogen-bond acceptors (Lipinski definition) is 7. The minimum Gasteiger partial charge on any atom is -0.369 e. The van der Waals surface area contributed by atoms with Crippen LogP contribution in [0.15, 0.2) is 44.5 Å². The molecule has 3 rings (SSSR count). The number of halogens is 2. The van der Waals surface area contributed by atoms with E-state index in [0.717, 1.165) is 5.69 Å². The lowest BCUT2D eigenvalue weighted by Gasteiger charge is -2.22. The molecule has 0 radical (unpaired) electrons. The fraction of sp³-hybridized carbons (Fsp3) is 0.333. The first-order valence-corrected chi connectivity index (χ1v) is 8.84. The third-order valence-corrected chi connectivity index (χ3v) is 3.97. The molecule has 136 valence electrons. The summed E-state index contributed by atoms with van der Waals surface area (Å²) in [5.74, 6) is 0.645. The summed E-state index contributed by atoms with van der Waals surface area (Å²) in [6, 6.07) is 5.85. The lowest BCUT2D eigenvalue weighted by atomic mass is 10.2. The molecule has 3 amide bonds. The topological polar surface area (TPSA) is 111 Å². The number of anilines is 1. The molecule has 0 saturated carbocycles. The number of nitrogens with zero attached hydrogens (tertiary/aromatic N) is 5. The second-order valence-corrected chi connectivity index (χ2v) is 6.11. The smallest absolute Gasteiger partial charge is 0.326 e. The lowest BCUT2D eigenvalue weighted by Crippen LogP contribution is -2.57. The van der Waals surface area contributed by atoms with Crippen molar-refractivity contribution in [1.29, 1.82) is 0 Å². The van der Waals surface area contributed by atoms with Crippen LogP contribution in [-0.4, -0.2) is 54.6 Å². The summed E-state index contributed by atoms with van der Waals surface area (Å²) in [6.07, 6.45) is 0. The number of azo groups is 1. The summed E-state index contributed by atoms with van der Waals surface area (Å²) in [6.45, 7) is 1.39. The van der Waals surface area contributed by atoms with Gasteiger partial charge in [0.05, 0.1) is 5.69 Å². The van der Waals surface area contributed by atoms with Gasteiger partial charge in [0, 0.05) is 30.5 Å². The van der Waals surface area contributed by atoms with Gasteiger partial charge in [0.1, 0.15) is 5.84 Å². The molecule has 2 aliphatic heterocycles. The van der Waals surface area contributed by atoms with Crippen LogP contribution in [0.2, 0.25) is 0 Å². The van der Waals surface area contributed by atoms with Gasteiger partial charge in [0.25, 0.3) is 11.9 Å². The maximum absolute atomic E-state index is 11.7. The molecule has 1 saturated heterocycles. The number of guanidine groups is 1. The van der Waals surface area contributed by atoms with Crippen molar-refractivity contribution in [2.24, 2.45) is 20.2 Å². The SMILES string of the molecule is O=C1NC(=O)C2N=C(N=Nc3ccc(N(CCCl)CCCl)cc3)N=C2N1. The number of imide groups is 1. The zero-order valence-corrected chi connectivity index (χ0v) is 15.0. The Morgan fingerprint density at radius 2 is 1.73 bits per heavy atom. The summed E-state index contributed by atoms with van der Waals surface area (Å²) in [5, 5.41) is 12.5. The van der Waals surface area contributed by atoms with E-state index in [1.54, 1.807) is 12.1 Å². The van der Waals surface area contributed by atoms with E-state index in [9.17, 15) is 9.59 Å². The second-order valence-electron chi connectivity index (χ2n) is 5.35. The van der Waals surface area contributed by atoms with Crippen LogP contribution in [0.3, 0.4) is 0 Å². The van der Waals surface area contributed by atoms with E-state index in [1.807, 2.05) is 12.1 Å². The van der Waals surface area contributed by atoms with Crippen LogP contribution < -0.4 is 15.5 Å². The number of amidine groups is 1. The molecular formula is C15H15Cl2N7O2. The molecule has 0 aliphatic carbocycles. The molecule has 2 heterocycles. The zero-order valence-electron chi connectivity index (χ0n) is 13.5. The maximum Gasteiger partial charge on any atom is 0.326 e. The summed E-state index contributed by atoms with van der Waals surface area (Å²) in [5.41, 5.74) is 1.57. The van der Waals surface area contributed by atoms with E-state index >= 15 is 0 Å². The van der Waals surface area contributed by atoms with Crippen LogP contribution in [0.1, 0.15) is 0 Å². The highest BCUT2D eigenvalue weighted by Gasteiger charge is 2.36. The molecule has 1 fully saturated rings. The number of carbonyl (C=O) groups is 2. The van der Waals surface area contributed by atoms with E-state index in [2.05, 4.69) is 35.7 Å². The van der Waals surface area contributed by atoms with Crippen molar-refractivity contribution in [3.8, 4) is 0 Å². The van der Waals surface area contributed by atoms with E-state index < -0.39 is 18.0 Å². The van der Waals surface area contributed by atoms with Gasteiger partial charge in [-0.1, -0.05) is 0 Å². The highest BCUT2D eigenvalue weighted by molar-refractivity contribution is 6.25. The maximum atomic E-state index is 11.7. The molecular weight excluding hydrogens is 381 g/mol. The zero-order chi connectivity index (χ0) is 18.5. The van der Waals surface area contributed by atoms with E-state index in [1.165, 1.54) is 0 Å². The van der Waals surface area contributed by atoms with Crippen LogP contribution in [-0.2, 0) is 4.79 Å². The van der Waals surface area contributed by atoms with Crippen molar-refractivity contribution in [3.63, 3.8) is 0 Å². The second kappa shape index (κ2) is 8.24. The van der Waals surface area contributed by atoms with Crippen molar-refractivity contribution in [2.75, 3.05) is 29.7 Å². The molecule has 9 nitrogen and oxygen atoms in total. The molecule has 1 unspecified atom stereocenters. The molecule has 1 aromatic carbocycles. The summed E-state index contributed by atoms with van der Waals surface area (Å²) in [4.78, 5) is 33.0. The highest BCUT2D eigenvalue weighted by Crippen LogP contribution is 2.21. The first-order chi connectivity index (χ1) is 12.6. The van der Waals surface area contributed by atoms with Gasteiger partial charge < -0.3 is 4.90 Å². The number of alkyl halides is 2. The molecule has 0 bridgehead atoms. The van der Waals surface area contributed by atoms with Crippen LogP contribution in [0, 0.1) is 0 Å². The van der Waals surface area contributed by atoms with Gasteiger partial charge in [-0.3, -0.25) is 15.4 Å². The molecule has 0 aromatic heterocycles. The molecule has 11 heteroatoms. The Kier molecular flexibility index (Phi) is 5.79. The number of aliphatic imine (C=N–C) groups is 2. The first-order valence-electron chi connectivity index (χ1n) is 7.77. The number of benzene rings is 1. The standard InChI is InChI=1S/C15H15Cl2N7O2/c16-5-7-24(8-6-17)10-3-1-9(2-4-10)22-23-14-18-11-12(19-14)20-15(26)21-13(11)25/h1-4,11H,5-8H2,(H2,18,19,20,21,25,26). The largest absolute Gasteiger partial charge is 0.369 e. The van der Waals surface area contributed by atoms with E-state index in [4.69, 9.17) is 23.2 Å². The fourth-order valence-corrected chi connectivity index (χ4v) is 2.84. The van der Waals surface area contributed by atoms with E-state index in [0.29, 0.717) is 30.5 Å². The molecule has 2 N–H and O–H groups in total. The summed E-state index contributed by atoms with van der Waals surface area (Å²) < 4.78 is 0. The average Bonchev–Trinajstić information content (AvgIpc) is 3.03. The Labute approximate surface area is 159 Å². The number of fused-ring (bicyclic) bond motifs is 1. The Balaban J connectivity index is 1.69. The normalized spacial score (nSPS) is 18.9. The summed E-state index contributed by atoms with van der Waals surface area (Å²) in [7, 11) is 0. The molecule has 2 aliphatic rings. The fourth-order valence-electron chi connectivity index (χ4n) is 2.44. The minimum absolute atomic E-state index is 0.0253. The van der Waals surface area contributed by atoms with Crippen LogP contribution >= 0.6 is 23.2 Å². The van der Waals surface area contributed by atoms with Crippen LogP contribution in [0.4, 0.5) is 16.2 Å². The Morgan fingerprint density at radius 3 is 2.38 bits per heavy atom. The quantitative estimate of drug-likeness (QED) is 0.567. The first kappa shape index (κ1) is 18.3. The monoisotopic (exact) mass is 395 g/mol. The molecule has 26 heavy (non-hydrogen) atoms. The van der Waals surface area contributed by atoms with Gasteiger partial charge in [0.15, 0.2) is 6.04 Å². The van der Waals surface area contributed by atoms with Gasteiger partial charge in [-0.25, -0.2) is 9.79 Å². The van der Waals surface area contributed by atoms with Gasteiger partial charge in [-0.2, -0.15) is 4.99 Å². The van der Waals surface area contributed by atoms with Crippen LogP contribution in [0.25, 0.3) is 0 Å². The average molecular weight is 396 g/mol. The summed E-state index contributed by atoms with van der Waals surface area (Å²) >= 11 is 11.6. The Hall–Kier alpha value is -2.52. The van der Waals surface area contributed by atoms with E-state index in [-0.39, 0.29) is 11.8 Å². The number of nitrogens with one attached hydrogen (secondary N) is 2. The van der Waals surface area contributed by atoms with Gasteiger partial charge >= 0.3 is 6.03 Å². The predicted octanol–water partition coefficient (Wildman–Crippen LogP) is 2.03. The molecule has 1 aromatic rings. The highest BCUT2D eigenvalue weighted by atomic mass is 35.5. The molecule has 1 atom stereocenters. The Bertz CT molecular complexity index is 786. The lowest BCUT2D eigenvalue weighted by molar-refractivity contribution is -0.120. The van der Waals surface area contributed by atoms with Gasteiger partial charge in [0.2, 0.25) is 0 Å². The molecule has 0 spiro atoms. The van der Waals surface area contributed by atoms with Crippen LogP contribution in [0.5, 0.6) is 0 Å². The Morgan fingerprint density at radius 1 is 1.04 bits per heavy atom. The van der Waals surface area contributed by atoms with Crippen molar-refractivity contribution in [1.82, 2.24) is 10.6 Å². The van der Waals surface area contributed by atoms with Gasteiger partial charge in [-0.05, 0) is 24.3 Å². The number of amides is 3. The van der Waals surface area contributed by atoms with Crippen molar-refractivity contribution >= 4 is 58.3 Å². The number of rotatable bonds is 6. The van der Waals surface area contributed by atoms with Crippen molar-refractivity contribution in [2.45, 2.75) is 6.04 Å². The minimum atomic E-state index is -0.885. The third-order valence-electron chi connectivity index (χ3n) is 3.63.